The first kappa shape index (κ1) is 15.7. The summed E-state index contributed by atoms with van der Waals surface area (Å²) in [4.78, 5) is 28.8. The van der Waals surface area contributed by atoms with Gasteiger partial charge in [-0.3, -0.25) is 4.79 Å². The van der Waals surface area contributed by atoms with Crippen molar-refractivity contribution in [2.75, 3.05) is 20.6 Å². The Balaban J connectivity index is 2.19. The molecule has 0 atom stereocenters. The average Bonchev–Trinajstić information content (AvgIpc) is 2.95. The van der Waals surface area contributed by atoms with Crippen LogP contribution < -0.4 is 5.32 Å². The molecule has 22 heavy (non-hydrogen) atoms. The normalized spacial score (nSPS) is 10.5. The number of imidazole rings is 1. The van der Waals surface area contributed by atoms with Crippen LogP contribution in [0, 0.1) is 0 Å². The molecule has 7 heteroatoms. The maximum atomic E-state index is 11.7. The minimum absolute atomic E-state index is 0.0389. The predicted molar refractivity (Wildman–Crippen MR) is 80.9 cm³/mol. The molecule has 0 bridgehead atoms. The van der Waals surface area contributed by atoms with Crippen LogP contribution in [0.3, 0.4) is 0 Å². The Kier molecular flexibility index (Phi) is 4.90. The second kappa shape index (κ2) is 6.86. The Morgan fingerprint density at radius 2 is 2.09 bits per heavy atom. The highest BCUT2D eigenvalue weighted by Gasteiger charge is 2.13. The Morgan fingerprint density at radius 3 is 2.77 bits per heavy atom. The first-order valence-corrected chi connectivity index (χ1v) is 6.77. The molecule has 1 heterocycles. The van der Waals surface area contributed by atoms with Crippen LogP contribution in [-0.4, -0.2) is 52.1 Å². The summed E-state index contributed by atoms with van der Waals surface area (Å²) in [7, 11) is 3.41. The van der Waals surface area contributed by atoms with Gasteiger partial charge in [0.15, 0.2) is 0 Å². The summed E-state index contributed by atoms with van der Waals surface area (Å²) >= 11 is 0. The lowest BCUT2D eigenvalue weighted by Crippen LogP contribution is -2.33. The Bertz CT molecular complexity index is 681. The van der Waals surface area contributed by atoms with Gasteiger partial charge in [-0.1, -0.05) is 12.1 Å². The van der Waals surface area contributed by atoms with Crippen molar-refractivity contribution < 1.29 is 14.7 Å². The molecule has 2 aromatic rings. The summed E-state index contributed by atoms with van der Waals surface area (Å²) in [6.07, 6.45) is 3.28. The molecular formula is C15H18N4O3. The zero-order chi connectivity index (χ0) is 16.1. The van der Waals surface area contributed by atoms with Gasteiger partial charge in [0, 0.05) is 13.2 Å². The van der Waals surface area contributed by atoms with Gasteiger partial charge in [0.05, 0.1) is 36.4 Å². The number of likely N-dealkylation sites (N-methyl/N-ethyl adjacent to an activating group) is 2. The first-order chi connectivity index (χ1) is 10.5. The first-order valence-electron chi connectivity index (χ1n) is 6.77. The number of benzene rings is 1. The zero-order valence-electron chi connectivity index (χ0n) is 12.5. The molecule has 0 aliphatic rings. The number of carboxylic acids is 1. The lowest BCUT2D eigenvalue weighted by atomic mass is 10.2. The van der Waals surface area contributed by atoms with E-state index < -0.39 is 5.97 Å². The van der Waals surface area contributed by atoms with Crippen molar-refractivity contribution in [3.05, 3.63) is 48.0 Å². The van der Waals surface area contributed by atoms with Crippen molar-refractivity contribution in [3.8, 4) is 5.69 Å². The summed E-state index contributed by atoms with van der Waals surface area (Å²) in [5.41, 5.74) is 1.43. The van der Waals surface area contributed by atoms with Crippen LogP contribution in [0.15, 0.2) is 36.8 Å². The fraction of sp³-hybridized carbons (Fsp3) is 0.267. The van der Waals surface area contributed by atoms with Gasteiger partial charge in [0.1, 0.15) is 0 Å². The van der Waals surface area contributed by atoms with Gasteiger partial charge in [-0.2, -0.15) is 0 Å². The molecule has 0 spiro atoms. The number of nitrogens with zero attached hydrogens (tertiary/aromatic N) is 3. The van der Waals surface area contributed by atoms with E-state index >= 15 is 0 Å². The smallest absolute Gasteiger partial charge is 0.337 e. The topological polar surface area (TPSA) is 87.5 Å². The fourth-order valence-electron chi connectivity index (χ4n) is 2.07. The number of amides is 1. The van der Waals surface area contributed by atoms with Crippen LogP contribution in [0.25, 0.3) is 5.69 Å². The third-order valence-corrected chi connectivity index (χ3v) is 3.20. The summed E-state index contributed by atoms with van der Waals surface area (Å²) in [6, 6.07) is 6.70. The summed E-state index contributed by atoms with van der Waals surface area (Å²) < 4.78 is 1.65. The summed E-state index contributed by atoms with van der Waals surface area (Å²) in [5.74, 6) is -1.03. The Hall–Kier alpha value is -2.67. The van der Waals surface area contributed by atoms with Crippen molar-refractivity contribution in [1.29, 1.82) is 0 Å². The molecule has 0 radical (unpaired) electrons. The van der Waals surface area contributed by atoms with Crippen molar-refractivity contribution in [2.45, 2.75) is 6.54 Å². The number of hydrogen-bond acceptors (Lipinski definition) is 4. The zero-order valence-corrected chi connectivity index (χ0v) is 12.5. The van der Waals surface area contributed by atoms with Gasteiger partial charge in [0.25, 0.3) is 0 Å². The lowest BCUT2D eigenvalue weighted by molar-refractivity contribution is -0.129. The second-order valence-corrected chi connectivity index (χ2v) is 4.87. The van der Waals surface area contributed by atoms with Crippen molar-refractivity contribution >= 4 is 11.9 Å². The van der Waals surface area contributed by atoms with Crippen molar-refractivity contribution in [2.24, 2.45) is 0 Å². The lowest BCUT2D eigenvalue weighted by Gasteiger charge is -2.15. The van der Waals surface area contributed by atoms with E-state index in [-0.39, 0.29) is 18.0 Å². The molecular weight excluding hydrogens is 284 g/mol. The predicted octanol–water partition coefficient (Wildman–Crippen LogP) is 0.748. The Morgan fingerprint density at radius 1 is 1.36 bits per heavy atom. The highest BCUT2D eigenvalue weighted by molar-refractivity contribution is 5.91. The third kappa shape index (κ3) is 3.50. The number of aromatic carboxylic acids is 1. The number of carbonyl (C=O) groups excluding carboxylic acids is 1. The standard InChI is InChI=1S/C15H18N4O3/c1-16-7-14(20)18(2)8-11-9-19(10-17-11)13-6-4-3-5-12(13)15(21)22/h3-6,9-10,16H,7-8H2,1-2H3,(H,21,22). The van der Waals surface area contributed by atoms with Crippen LogP contribution in [0.1, 0.15) is 16.1 Å². The molecule has 0 aliphatic heterocycles. The van der Waals surface area contributed by atoms with Crippen LogP contribution in [0.5, 0.6) is 0 Å². The molecule has 2 N–H and O–H groups in total. The van der Waals surface area contributed by atoms with Gasteiger partial charge in [-0.25, -0.2) is 9.78 Å². The van der Waals surface area contributed by atoms with E-state index in [1.165, 1.54) is 0 Å². The molecule has 116 valence electrons. The summed E-state index contributed by atoms with van der Waals surface area (Å²) in [5, 5.41) is 12.0. The highest BCUT2D eigenvalue weighted by atomic mass is 16.4. The van der Waals surface area contributed by atoms with E-state index in [4.69, 9.17) is 0 Å². The number of nitrogens with one attached hydrogen (secondary N) is 1. The molecule has 7 nitrogen and oxygen atoms in total. The van der Waals surface area contributed by atoms with E-state index in [9.17, 15) is 14.7 Å². The number of carbonyl (C=O) groups is 2. The van der Waals surface area contributed by atoms with E-state index in [0.29, 0.717) is 17.9 Å². The van der Waals surface area contributed by atoms with E-state index in [0.717, 1.165) is 0 Å². The molecule has 0 unspecified atom stereocenters. The average molecular weight is 302 g/mol. The molecule has 0 aliphatic carbocycles. The molecule has 1 aromatic heterocycles. The molecule has 0 saturated carbocycles. The molecule has 1 aromatic carbocycles. The van der Waals surface area contributed by atoms with E-state index in [1.807, 2.05) is 0 Å². The highest BCUT2D eigenvalue weighted by Crippen LogP contribution is 2.15. The summed E-state index contributed by atoms with van der Waals surface area (Å²) in [6.45, 7) is 0.627. The van der Waals surface area contributed by atoms with Crippen molar-refractivity contribution in [3.63, 3.8) is 0 Å². The van der Waals surface area contributed by atoms with Gasteiger partial charge in [-0.15, -0.1) is 0 Å². The monoisotopic (exact) mass is 302 g/mol. The van der Waals surface area contributed by atoms with Gasteiger partial charge >= 0.3 is 5.97 Å². The largest absolute Gasteiger partial charge is 0.478 e. The third-order valence-electron chi connectivity index (χ3n) is 3.20. The van der Waals surface area contributed by atoms with Gasteiger partial charge in [-0.05, 0) is 19.2 Å². The molecule has 0 fully saturated rings. The van der Waals surface area contributed by atoms with Crippen LogP contribution in [0.2, 0.25) is 0 Å². The quantitative estimate of drug-likeness (QED) is 0.822. The number of rotatable bonds is 6. The van der Waals surface area contributed by atoms with Crippen LogP contribution >= 0.6 is 0 Å². The van der Waals surface area contributed by atoms with Crippen molar-refractivity contribution in [1.82, 2.24) is 19.8 Å². The maximum Gasteiger partial charge on any atom is 0.337 e. The Labute approximate surface area is 128 Å². The van der Waals surface area contributed by atoms with Gasteiger partial charge < -0.3 is 19.9 Å². The van der Waals surface area contributed by atoms with Crippen LogP contribution in [-0.2, 0) is 11.3 Å². The minimum Gasteiger partial charge on any atom is -0.478 e. The minimum atomic E-state index is -0.993. The van der Waals surface area contributed by atoms with E-state index in [1.54, 1.807) is 60.4 Å². The number of aromatic nitrogens is 2. The number of para-hydroxylation sites is 1. The molecule has 2 rings (SSSR count). The second-order valence-electron chi connectivity index (χ2n) is 4.87. The van der Waals surface area contributed by atoms with Gasteiger partial charge in [0.2, 0.25) is 5.91 Å². The number of carboxylic acid groups (broad SMARTS) is 1. The fourth-order valence-corrected chi connectivity index (χ4v) is 2.07. The van der Waals surface area contributed by atoms with E-state index in [2.05, 4.69) is 10.3 Å². The SMILES string of the molecule is CNCC(=O)N(C)Cc1cn(-c2ccccc2C(=O)O)cn1. The maximum absolute atomic E-state index is 11.7. The molecule has 1 amide bonds. The van der Waals surface area contributed by atoms with Crippen LogP contribution in [0.4, 0.5) is 0 Å². The molecule has 0 saturated heterocycles. The number of hydrogen-bond donors (Lipinski definition) is 2.